The van der Waals surface area contributed by atoms with Crippen LogP contribution >= 0.6 is 0 Å². The molecule has 1 atom stereocenters. The summed E-state index contributed by atoms with van der Waals surface area (Å²) < 4.78 is 0. The van der Waals surface area contributed by atoms with Crippen molar-refractivity contribution in [2.45, 2.75) is 32.1 Å². The molecule has 4 heteroatoms. The zero-order valence-corrected chi connectivity index (χ0v) is 9.26. The minimum absolute atomic E-state index is 0.198. The maximum absolute atomic E-state index is 11.3. The molecular weight excluding hydrogens is 190 g/mol. The minimum Gasteiger partial charge on any atom is -0.319 e. The molecule has 4 nitrogen and oxygen atoms in total. The summed E-state index contributed by atoms with van der Waals surface area (Å²) in [6.45, 7) is 3.02. The van der Waals surface area contributed by atoms with Crippen molar-refractivity contribution in [1.82, 2.24) is 15.3 Å². The summed E-state index contributed by atoms with van der Waals surface area (Å²) in [6, 6.07) is 0. The fraction of sp³-hybridized carbons (Fsp3) is 0.636. The Morgan fingerprint density at radius 1 is 1.60 bits per heavy atom. The van der Waals surface area contributed by atoms with Crippen LogP contribution in [0.3, 0.4) is 0 Å². The van der Waals surface area contributed by atoms with Gasteiger partial charge in [0.2, 0.25) is 0 Å². The topological polar surface area (TPSA) is 57.8 Å². The van der Waals surface area contributed by atoms with Crippen molar-refractivity contribution < 1.29 is 0 Å². The van der Waals surface area contributed by atoms with Gasteiger partial charge in [0.1, 0.15) is 0 Å². The maximum Gasteiger partial charge on any atom is 0.345 e. The number of fused-ring (bicyclic) bond motifs is 1. The van der Waals surface area contributed by atoms with E-state index in [-0.39, 0.29) is 5.69 Å². The zero-order chi connectivity index (χ0) is 10.8. The quantitative estimate of drug-likeness (QED) is 0.762. The van der Waals surface area contributed by atoms with Gasteiger partial charge < -0.3 is 10.3 Å². The van der Waals surface area contributed by atoms with Crippen LogP contribution < -0.4 is 11.0 Å². The summed E-state index contributed by atoms with van der Waals surface area (Å²) in [4.78, 5) is 18.2. The molecule has 1 aromatic rings. The minimum atomic E-state index is -0.198. The Morgan fingerprint density at radius 2 is 2.40 bits per heavy atom. The van der Waals surface area contributed by atoms with Gasteiger partial charge in [-0.05, 0) is 31.9 Å². The van der Waals surface area contributed by atoms with Gasteiger partial charge in [-0.15, -0.1) is 0 Å². The number of aromatic nitrogens is 2. The molecule has 1 aliphatic rings. The number of rotatable bonds is 3. The highest BCUT2D eigenvalue weighted by molar-refractivity contribution is 5.33. The predicted octanol–water partition coefficient (Wildman–Crippen LogP) is 0.581. The number of hydrogen-bond acceptors (Lipinski definition) is 3. The Balaban J connectivity index is 2.45. The summed E-state index contributed by atoms with van der Waals surface area (Å²) >= 11 is 0. The van der Waals surface area contributed by atoms with Gasteiger partial charge in [-0.25, -0.2) is 4.79 Å². The van der Waals surface area contributed by atoms with E-state index in [2.05, 4.69) is 22.2 Å². The van der Waals surface area contributed by atoms with Gasteiger partial charge in [-0.3, -0.25) is 0 Å². The number of nitrogens with zero attached hydrogens (tertiary/aromatic N) is 1. The summed E-state index contributed by atoms with van der Waals surface area (Å²) in [6.07, 6.45) is 2.93. The van der Waals surface area contributed by atoms with E-state index in [1.165, 1.54) is 5.56 Å². The molecule has 2 rings (SSSR count). The molecule has 15 heavy (non-hydrogen) atoms. The predicted molar refractivity (Wildman–Crippen MR) is 59.2 cm³/mol. The molecule has 1 aliphatic carbocycles. The van der Waals surface area contributed by atoms with Crippen molar-refractivity contribution >= 4 is 0 Å². The summed E-state index contributed by atoms with van der Waals surface area (Å²) in [7, 11) is 1.96. The van der Waals surface area contributed by atoms with E-state index >= 15 is 0 Å². The Kier molecular flexibility index (Phi) is 2.86. The van der Waals surface area contributed by atoms with Crippen LogP contribution in [0.15, 0.2) is 4.79 Å². The van der Waals surface area contributed by atoms with Crippen LogP contribution in [0.4, 0.5) is 0 Å². The molecular formula is C11H17N3O. The monoisotopic (exact) mass is 207 g/mol. The third-order valence-electron chi connectivity index (χ3n) is 3.07. The van der Waals surface area contributed by atoms with E-state index in [0.717, 1.165) is 37.2 Å². The smallest absolute Gasteiger partial charge is 0.319 e. The van der Waals surface area contributed by atoms with Gasteiger partial charge in [-0.1, -0.05) is 6.92 Å². The van der Waals surface area contributed by atoms with E-state index in [0.29, 0.717) is 5.92 Å². The van der Waals surface area contributed by atoms with Crippen molar-refractivity contribution in [3.8, 4) is 0 Å². The highest BCUT2D eigenvalue weighted by Gasteiger charge is 2.26. The molecule has 0 radical (unpaired) electrons. The lowest BCUT2D eigenvalue weighted by atomic mass is 10.00. The SMILES string of the molecule is CCc1nc(=O)[nH]c2c1C(CNC)CC2. The van der Waals surface area contributed by atoms with Crippen molar-refractivity contribution in [2.75, 3.05) is 13.6 Å². The Bertz CT molecular complexity index is 411. The molecule has 0 spiro atoms. The molecule has 0 saturated carbocycles. The number of likely N-dealkylation sites (N-methyl/N-ethyl adjacent to an activating group) is 1. The van der Waals surface area contributed by atoms with Crippen LogP contribution in [0.25, 0.3) is 0 Å². The average Bonchev–Trinajstić information content (AvgIpc) is 2.61. The molecule has 0 saturated heterocycles. The van der Waals surface area contributed by atoms with Gasteiger partial charge in [0, 0.05) is 18.2 Å². The molecule has 82 valence electrons. The normalized spacial score (nSPS) is 19.2. The molecule has 1 unspecified atom stereocenters. The lowest BCUT2D eigenvalue weighted by Gasteiger charge is -2.13. The molecule has 0 amide bonds. The fourth-order valence-corrected chi connectivity index (χ4v) is 2.44. The van der Waals surface area contributed by atoms with Gasteiger partial charge in [-0.2, -0.15) is 4.98 Å². The molecule has 0 fully saturated rings. The van der Waals surface area contributed by atoms with E-state index in [9.17, 15) is 4.79 Å². The lowest BCUT2D eigenvalue weighted by Crippen LogP contribution is -2.20. The first-order valence-corrected chi connectivity index (χ1v) is 5.52. The fourth-order valence-electron chi connectivity index (χ4n) is 2.44. The lowest BCUT2D eigenvalue weighted by molar-refractivity contribution is 0.617. The van der Waals surface area contributed by atoms with Crippen molar-refractivity contribution in [2.24, 2.45) is 0 Å². The average molecular weight is 207 g/mol. The van der Waals surface area contributed by atoms with E-state index < -0.39 is 0 Å². The number of H-pyrrole nitrogens is 1. The van der Waals surface area contributed by atoms with Crippen LogP contribution in [-0.2, 0) is 12.8 Å². The molecule has 0 bridgehead atoms. The molecule has 0 aromatic carbocycles. The molecule has 2 N–H and O–H groups in total. The molecule has 1 aromatic heterocycles. The van der Waals surface area contributed by atoms with Crippen LogP contribution in [0.1, 0.15) is 36.2 Å². The Hall–Kier alpha value is -1.16. The molecule has 0 aliphatic heterocycles. The van der Waals surface area contributed by atoms with Gasteiger partial charge in [0.05, 0.1) is 5.69 Å². The number of nitrogens with one attached hydrogen (secondary N) is 2. The number of aryl methyl sites for hydroxylation is 2. The largest absolute Gasteiger partial charge is 0.345 e. The first-order valence-electron chi connectivity index (χ1n) is 5.52. The van der Waals surface area contributed by atoms with Crippen LogP contribution in [-0.4, -0.2) is 23.6 Å². The van der Waals surface area contributed by atoms with E-state index in [1.807, 2.05) is 7.05 Å². The maximum atomic E-state index is 11.3. The Labute approximate surface area is 89.1 Å². The highest BCUT2D eigenvalue weighted by Crippen LogP contribution is 2.32. The van der Waals surface area contributed by atoms with Crippen LogP contribution in [0.5, 0.6) is 0 Å². The first-order chi connectivity index (χ1) is 7.26. The second-order valence-corrected chi connectivity index (χ2v) is 4.03. The Morgan fingerprint density at radius 3 is 3.07 bits per heavy atom. The van der Waals surface area contributed by atoms with Gasteiger partial charge in [0.15, 0.2) is 0 Å². The first kappa shape index (κ1) is 10.4. The second kappa shape index (κ2) is 4.14. The molecule has 1 heterocycles. The van der Waals surface area contributed by atoms with Gasteiger partial charge in [0.25, 0.3) is 0 Å². The highest BCUT2D eigenvalue weighted by atomic mass is 16.1. The van der Waals surface area contributed by atoms with E-state index in [4.69, 9.17) is 0 Å². The van der Waals surface area contributed by atoms with Crippen LogP contribution in [0.2, 0.25) is 0 Å². The van der Waals surface area contributed by atoms with Crippen molar-refractivity contribution in [1.29, 1.82) is 0 Å². The summed E-state index contributed by atoms with van der Waals surface area (Å²) in [5.41, 5.74) is 3.17. The number of aromatic amines is 1. The summed E-state index contributed by atoms with van der Waals surface area (Å²) in [5.74, 6) is 0.518. The third-order valence-corrected chi connectivity index (χ3v) is 3.07. The van der Waals surface area contributed by atoms with Gasteiger partial charge >= 0.3 is 5.69 Å². The van der Waals surface area contributed by atoms with Crippen molar-refractivity contribution in [3.63, 3.8) is 0 Å². The number of hydrogen-bond donors (Lipinski definition) is 2. The van der Waals surface area contributed by atoms with Crippen molar-refractivity contribution in [3.05, 3.63) is 27.4 Å². The standard InChI is InChI=1S/C11H17N3O/c1-3-8-10-7(6-12-2)4-5-9(10)14-11(15)13-8/h7,12H,3-6H2,1-2H3,(H,13,14,15). The third kappa shape index (κ3) is 1.81. The van der Waals surface area contributed by atoms with Crippen LogP contribution in [0, 0.1) is 0 Å². The zero-order valence-electron chi connectivity index (χ0n) is 9.26. The summed E-state index contributed by atoms with van der Waals surface area (Å²) in [5, 5.41) is 3.20. The second-order valence-electron chi connectivity index (χ2n) is 4.03. The van der Waals surface area contributed by atoms with E-state index in [1.54, 1.807) is 0 Å².